The molecule has 1 aliphatic heterocycles. The third kappa shape index (κ3) is 3.99. The van der Waals surface area contributed by atoms with E-state index < -0.39 is 10.0 Å². The molecule has 0 amide bonds. The topological polar surface area (TPSA) is 84.3 Å². The Balaban J connectivity index is 1.70. The van der Waals surface area contributed by atoms with E-state index in [1.165, 1.54) is 4.68 Å². The molecule has 1 N–H and O–H groups in total. The lowest BCUT2D eigenvalue weighted by Gasteiger charge is -2.25. The first-order valence-corrected chi connectivity index (χ1v) is 10.7. The van der Waals surface area contributed by atoms with E-state index in [0.717, 1.165) is 24.8 Å². The van der Waals surface area contributed by atoms with Crippen LogP contribution in [0.2, 0.25) is 0 Å². The number of anilines is 1. The summed E-state index contributed by atoms with van der Waals surface area (Å²) in [6.45, 7) is 1.64. The highest BCUT2D eigenvalue weighted by Crippen LogP contribution is 2.22. The molecule has 1 aliphatic rings. The summed E-state index contributed by atoms with van der Waals surface area (Å²) in [7, 11) is -1.83. The van der Waals surface area contributed by atoms with Gasteiger partial charge in [-0.05, 0) is 46.5 Å². The smallest absolute Gasteiger partial charge is 0.282 e. The van der Waals surface area contributed by atoms with E-state index in [0.29, 0.717) is 34.7 Å². The van der Waals surface area contributed by atoms with Crippen LogP contribution < -0.4 is 10.9 Å². The molecule has 2 aromatic rings. The number of hydrogen-bond acceptors (Lipinski definition) is 5. The van der Waals surface area contributed by atoms with E-state index >= 15 is 0 Å². The summed E-state index contributed by atoms with van der Waals surface area (Å²) in [4.78, 5) is 12.2. The fraction of sp³-hybridized carbons (Fsp3) is 0.412. The third-order valence-corrected chi connectivity index (χ3v) is 7.12. The fourth-order valence-electron chi connectivity index (χ4n) is 2.86. The zero-order valence-corrected chi connectivity index (χ0v) is 16.9. The van der Waals surface area contributed by atoms with Gasteiger partial charge in [0.05, 0.1) is 16.8 Å². The molecule has 7 nitrogen and oxygen atoms in total. The molecule has 0 spiro atoms. The molecule has 3 rings (SSSR count). The van der Waals surface area contributed by atoms with Crippen LogP contribution >= 0.6 is 15.9 Å². The minimum atomic E-state index is -3.41. The summed E-state index contributed by atoms with van der Waals surface area (Å²) in [5.74, 6) is 0. The number of halogens is 1. The van der Waals surface area contributed by atoms with Crippen molar-refractivity contribution in [2.45, 2.75) is 30.7 Å². The van der Waals surface area contributed by atoms with Crippen LogP contribution in [0.1, 0.15) is 24.8 Å². The molecule has 2 heterocycles. The van der Waals surface area contributed by atoms with Crippen LogP contribution in [-0.4, -0.2) is 35.6 Å². The predicted octanol–water partition coefficient (Wildman–Crippen LogP) is 2.33. The van der Waals surface area contributed by atoms with Crippen LogP contribution in [0.4, 0.5) is 5.69 Å². The maximum Gasteiger partial charge on any atom is 0.282 e. The number of piperidine rings is 1. The van der Waals surface area contributed by atoms with Gasteiger partial charge in [-0.15, -0.1) is 0 Å². The zero-order valence-electron chi connectivity index (χ0n) is 14.5. The molecule has 0 saturated carbocycles. The second-order valence-corrected chi connectivity index (χ2v) is 8.99. The Labute approximate surface area is 161 Å². The molecule has 9 heteroatoms. The number of aryl methyl sites for hydroxylation is 1. The van der Waals surface area contributed by atoms with Gasteiger partial charge >= 0.3 is 0 Å². The average molecular weight is 441 g/mol. The first-order chi connectivity index (χ1) is 12.4. The van der Waals surface area contributed by atoms with Gasteiger partial charge in [0.25, 0.3) is 5.56 Å². The fourth-order valence-corrected chi connectivity index (χ4v) is 4.88. The molecule has 0 aliphatic carbocycles. The van der Waals surface area contributed by atoms with Gasteiger partial charge in [-0.2, -0.15) is 9.40 Å². The summed E-state index contributed by atoms with van der Waals surface area (Å²) >= 11 is 3.27. The van der Waals surface area contributed by atoms with E-state index in [2.05, 4.69) is 26.3 Å². The van der Waals surface area contributed by atoms with Gasteiger partial charge in [0, 0.05) is 26.7 Å². The van der Waals surface area contributed by atoms with Crippen molar-refractivity contribution in [1.29, 1.82) is 0 Å². The number of nitrogens with zero attached hydrogens (tertiary/aromatic N) is 3. The second kappa shape index (κ2) is 7.89. The highest BCUT2D eigenvalue weighted by Gasteiger charge is 2.25. The maximum absolute atomic E-state index is 12.7. The Morgan fingerprint density at radius 3 is 2.46 bits per heavy atom. The van der Waals surface area contributed by atoms with Crippen molar-refractivity contribution in [3.63, 3.8) is 0 Å². The molecular weight excluding hydrogens is 420 g/mol. The van der Waals surface area contributed by atoms with Crippen molar-refractivity contribution in [2.75, 3.05) is 18.4 Å². The SMILES string of the molecule is Cn1ncc(NCc2ccc(S(=O)(=O)N3CCCCC3)cc2)c(Br)c1=O. The van der Waals surface area contributed by atoms with Gasteiger partial charge in [-0.25, -0.2) is 13.1 Å². The Kier molecular flexibility index (Phi) is 5.79. The van der Waals surface area contributed by atoms with Crippen molar-refractivity contribution >= 4 is 31.6 Å². The minimum Gasteiger partial charge on any atom is -0.379 e. The highest BCUT2D eigenvalue weighted by molar-refractivity contribution is 9.10. The van der Waals surface area contributed by atoms with Gasteiger partial charge in [0.1, 0.15) is 4.47 Å². The van der Waals surface area contributed by atoms with Crippen LogP contribution in [0.3, 0.4) is 0 Å². The number of sulfonamides is 1. The lowest BCUT2D eigenvalue weighted by molar-refractivity contribution is 0.346. The van der Waals surface area contributed by atoms with Crippen molar-refractivity contribution in [1.82, 2.24) is 14.1 Å². The Morgan fingerprint density at radius 2 is 1.81 bits per heavy atom. The van der Waals surface area contributed by atoms with Crippen LogP contribution in [-0.2, 0) is 23.6 Å². The molecule has 0 bridgehead atoms. The molecule has 140 valence electrons. The highest BCUT2D eigenvalue weighted by atomic mass is 79.9. The van der Waals surface area contributed by atoms with Crippen LogP contribution in [0, 0.1) is 0 Å². The standard InChI is InChI=1S/C17H21BrN4O3S/c1-21-17(23)16(18)15(12-20-21)19-11-13-5-7-14(8-6-13)26(24,25)22-9-3-2-4-10-22/h5-8,12,19H,2-4,9-11H2,1H3. The molecule has 0 radical (unpaired) electrons. The molecule has 1 aromatic heterocycles. The molecule has 26 heavy (non-hydrogen) atoms. The molecule has 0 unspecified atom stereocenters. The zero-order chi connectivity index (χ0) is 18.7. The van der Waals surface area contributed by atoms with Crippen molar-refractivity contribution in [2.24, 2.45) is 7.05 Å². The van der Waals surface area contributed by atoms with Crippen LogP contribution in [0.25, 0.3) is 0 Å². The lowest BCUT2D eigenvalue weighted by Crippen LogP contribution is -2.35. The quantitative estimate of drug-likeness (QED) is 0.770. The number of aromatic nitrogens is 2. The molecular formula is C17H21BrN4O3S. The average Bonchev–Trinajstić information content (AvgIpc) is 2.66. The summed E-state index contributed by atoms with van der Waals surface area (Å²) in [6.07, 6.45) is 4.49. The van der Waals surface area contributed by atoms with Crippen molar-refractivity contribution in [3.8, 4) is 0 Å². The first kappa shape index (κ1) is 19.1. The maximum atomic E-state index is 12.7. The molecule has 1 fully saturated rings. The normalized spacial score (nSPS) is 15.8. The van der Waals surface area contributed by atoms with Crippen molar-refractivity contribution in [3.05, 3.63) is 50.9 Å². The van der Waals surface area contributed by atoms with Gasteiger partial charge in [-0.1, -0.05) is 18.6 Å². The van der Waals surface area contributed by atoms with Crippen LogP contribution in [0.5, 0.6) is 0 Å². The van der Waals surface area contributed by atoms with E-state index in [-0.39, 0.29) is 5.56 Å². The number of nitrogens with one attached hydrogen (secondary N) is 1. The summed E-state index contributed by atoms with van der Waals surface area (Å²) < 4.78 is 28.5. The summed E-state index contributed by atoms with van der Waals surface area (Å²) in [6, 6.07) is 6.84. The minimum absolute atomic E-state index is 0.224. The third-order valence-electron chi connectivity index (χ3n) is 4.44. The molecule has 1 saturated heterocycles. The van der Waals surface area contributed by atoms with E-state index in [1.54, 1.807) is 41.8 Å². The largest absolute Gasteiger partial charge is 0.379 e. The van der Waals surface area contributed by atoms with Crippen molar-refractivity contribution < 1.29 is 8.42 Å². The summed E-state index contributed by atoms with van der Waals surface area (Å²) in [5.41, 5.74) is 1.28. The van der Waals surface area contributed by atoms with Gasteiger partial charge in [0.2, 0.25) is 10.0 Å². The number of benzene rings is 1. The van der Waals surface area contributed by atoms with Gasteiger partial charge in [-0.3, -0.25) is 4.79 Å². The molecule has 0 atom stereocenters. The monoisotopic (exact) mass is 440 g/mol. The Hall–Kier alpha value is -1.71. The summed E-state index contributed by atoms with van der Waals surface area (Å²) in [5, 5.41) is 7.11. The van der Waals surface area contributed by atoms with E-state index in [1.807, 2.05) is 0 Å². The first-order valence-electron chi connectivity index (χ1n) is 8.44. The number of hydrogen-bond donors (Lipinski definition) is 1. The Morgan fingerprint density at radius 1 is 1.15 bits per heavy atom. The van der Waals surface area contributed by atoms with Gasteiger partial charge in [0.15, 0.2) is 0 Å². The molecule has 1 aromatic carbocycles. The van der Waals surface area contributed by atoms with E-state index in [9.17, 15) is 13.2 Å². The Bertz CT molecular complexity index is 935. The van der Waals surface area contributed by atoms with Gasteiger partial charge < -0.3 is 5.32 Å². The second-order valence-electron chi connectivity index (χ2n) is 6.26. The van der Waals surface area contributed by atoms with E-state index in [4.69, 9.17) is 0 Å². The van der Waals surface area contributed by atoms with Crippen LogP contribution in [0.15, 0.2) is 44.6 Å². The predicted molar refractivity (Wildman–Crippen MR) is 104 cm³/mol. The number of rotatable bonds is 5. The lowest BCUT2D eigenvalue weighted by atomic mass is 10.2.